The molecular formula is C13H22N2O4S. The molecule has 1 aliphatic carbocycles. The summed E-state index contributed by atoms with van der Waals surface area (Å²) in [5.74, 6) is 0. The van der Waals surface area contributed by atoms with Gasteiger partial charge in [-0.1, -0.05) is 13.8 Å². The van der Waals surface area contributed by atoms with Gasteiger partial charge in [-0.15, -0.1) is 0 Å². The first-order chi connectivity index (χ1) is 9.31. The molecule has 0 bridgehead atoms. The van der Waals surface area contributed by atoms with E-state index in [0.717, 1.165) is 0 Å². The third kappa shape index (κ3) is 2.76. The summed E-state index contributed by atoms with van der Waals surface area (Å²) in [6.45, 7) is 6.35. The number of aliphatic hydroxyl groups excluding tert-OH is 1. The van der Waals surface area contributed by atoms with Crippen LogP contribution in [0.25, 0.3) is 0 Å². The van der Waals surface area contributed by atoms with Crippen LogP contribution >= 0.6 is 0 Å². The van der Waals surface area contributed by atoms with Crippen LogP contribution in [0.15, 0.2) is 17.2 Å². The number of aromatic nitrogens is 1. The molecule has 1 saturated carbocycles. The molecule has 1 aromatic heterocycles. The minimum absolute atomic E-state index is 0.0828. The summed E-state index contributed by atoms with van der Waals surface area (Å²) in [5, 5.41) is 8.97. The first-order valence-corrected chi connectivity index (χ1v) is 8.21. The number of rotatable bonds is 6. The fourth-order valence-electron chi connectivity index (χ4n) is 2.49. The molecule has 6 nitrogen and oxygen atoms in total. The molecule has 114 valence electrons. The molecule has 2 atom stereocenters. The molecule has 1 heterocycles. The van der Waals surface area contributed by atoms with Gasteiger partial charge in [-0.05, 0) is 19.4 Å². The molecule has 0 spiro atoms. The zero-order valence-corrected chi connectivity index (χ0v) is 12.8. The predicted molar refractivity (Wildman–Crippen MR) is 74.6 cm³/mol. The Labute approximate surface area is 119 Å². The quantitative estimate of drug-likeness (QED) is 0.731. The summed E-state index contributed by atoms with van der Waals surface area (Å²) in [6.07, 6.45) is 2.15. The third-order valence-corrected chi connectivity index (χ3v) is 5.49. The van der Waals surface area contributed by atoms with E-state index in [9.17, 15) is 8.42 Å². The lowest BCUT2D eigenvalue weighted by Gasteiger charge is -2.51. The van der Waals surface area contributed by atoms with E-state index in [4.69, 9.17) is 9.84 Å². The smallest absolute Gasteiger partial charge is 0.242 e. The Morgan fingerprint density at radius 2 is 2.25 bits per heavy atom. The standard InChI is InChI=1S/C13H22N2O4S/c1-4-19-12-6-11(13(12,2)3)15-20(17,18)10-5-9(8-16)14-7-10/h5,7,11-12,14-16H,4,6,8H2,1-3H3. The van der Waals surface area contributed by atoms with Crippen molar-refractivity contribution in [3.63, 3.8) is 0 Å². The van der Waals surface area contributed by atoms with Crippen molar-refractivity contribution in [3.8, 4) is 0 Å². The van der Waals surface area contributed by atoms with Crippen LogP contribution in [0.3, 0.4) is 0 Å². The van der Waals surface area contributed by atoms with Crippen molar-refractivity contribution in [2.24, 2.45) is 5.41 Å². The second-order valence-corrected chi connectivity index (χ2v) is 7.41. The average molecular weight is 302 g/mol. The predicted octanol–water partition coefficient (Wildman–Crippen LogP) is 0.989. The zero-order valence-electron chi connectivity index (χ0n) is 12.0. The molecule has 0 aromatic carbocycles. The molecule has 7 heteroatoms. The van der Waals surface area contributed by atoms with Gasteiger partial charge in [-0.25, -0.2) is 13.1 Å². The second-order valence-electron chi connectivity index (χ2n) is 5.69. The summed E-state index contributed by atoms with van der Waals surface area (Å²) in [4.78, 5) is 2.88. The molecule has 0 amide bonds. The van der Waals surface area contributed by atoms with E-state index in [2.05, 4.69) is 9.71 Å². The van der Waals surface area contributed by atoms with Crippen LogP contribution in [-0.4, -0.2) is 37.3 Å². The maximum atomic E-state index is 12.3. The van der Waals surface area contributed by atoms with Gasteiger partial charge in [0.2, 0.25) is 10.0 Å². The van der Waals surface area contributed by atoms with Crippen LogP contribution in [0.1, 0.15) is 32.9 Å². The van der Waals surface area contributed by atoms with Crippen LogP contribution in [0.5, 0.6) is 0 Å². The van der Waals surface area contributed by atoms with E-state index >= 15 is 0 Å². The largest absolute Gasteiger partial charge is 0.390 e. The van der Waals surface area contributed by atoms with Crippen LogP contribution in [0.4, 0.5) is 0 Å². The monoisotopic (exact) mass is 302 g/mol. The number of aromatic amines is 1. The van der Waals surface area contributed by atoms with Gasteiger partial charge in [0.1, 0.15) is 0 Å². The van der Waals surface area contributed by atoms with Crippen molar-refractivity contribution >= 4 is 10.0 Å². The lowest BCUT2D eigenvalue weighted by molar-refractivity contribution is -0.108. The number of hydrogen-bond acceptors (Lipinski definition) is 4. The maximum absolute atomic E-state index is 12.3. The number of ether oxygens (including phenoxy) is 1. The van der Waals surface area contributed by atoms with Gasteiger partial charge in [0, 0.05) is 30.0 Å². The fourth-order valence-corrected chi connectivity index (χ4v) is 3.91. The Balaban J connectivity index is 2.07. The molecule has 0 radical (unpaired) electrons. The normalized spacial score (nSPS) is 25.4. The highest BCUT2D eigenvalue weighted by Crippen LogP contribution is 2.43. The Hall–Kier alpha value is -0.890. The molecule has 20 heavy (non-hydrogen) atoms. The minimum atomic E-state index is -3.57. The number of nitrogens with one attached hydrogen (secondary N) is 2. The van der Waals surface area contributed by atoms with Crippen molar-refractivity contribution in [2.75, 3.05) is 6.61 Å². The van der Waals surface area contributed by atoms with Gasteiger partial charge in [0.25, 0.3) is 0 Å². The first-order valence-electron chi connectivity index (χ1n) is 6.73. The van der Waals surface area contributed by atoms with Gasteiger partial charge < -0.3 is 14.8 Å². The van der Waals surface area contributed by atoms with E-state index in [-0.39, 0.29) is 29.1 Å². The van der Waals surface area contributed by atoms with Crippen LogP contribution in [-0.2, 0) is 21.4 Å². The summed E-state index contributed by atoms with van der Waals surface area (Å²) < 4.78 is 32.8. The summed E-state index contributed by atoms with van der Waals surface area (Å²) in [7, 11) is -3.57. The first kappa shape index (κ1) is 15.5. The van der Waals surface area contributed by atoms with E-state index in [0.29, 0.717) is 18.7 Å². The van der Waals surface area contributed by atoms with E-state index in [1.54, 1.807) is 0 Å². The molecule has 2 unspecified atom stereocenters. The SMILES string of the molecule is CCOC1CC(NS(=O)(=O)c2c[nH]c(CO)c2)C1(C)C. The maximum Gasteiger partial charge on any atom is 0.242 e. The van der Waals surface area contributed by atoms with Crippen molar-refractivity contribution in [1.29, 1.82) is 0 Å². The topological polar surface area (TPSA) is 91.4 Å². The molecule has 0 saturated heterocycles. The second kappa shape index (κ2) is 5.48. The lowest BCUT2D eigenvalue weighted by Crippen LogP contribution is -2.61. The Morgan fingerprint density at radius 1 is 1.55 bits per heavy atom. The van der Waals surface area contributed by atoms with Gasteiger partial charge in [-0.2, -0.15) is 0 Å². The average Bonchev–Trinajstić information content (AvgIpc) is 2.87. The van der Waals surface area contributed by atoms with Gasteiger partial charge >= 0.3 is 0 Å². The van der Waals surface area contributed by atoms with Crippen molar-refractivity contribution in [2.45, 2.75) is 50.8 Å². The zero-order chi connectivity index (χ0) is 15.0. The Kier molecular flexibility index (Phi) is 4.24. The van der Waals surface area contributed by atoms with Crippen molar-refractivity contribution in [3.05, 3.63) is 18.0 Å². The molecule has 0 aliphatic heterocycles. The van der Waals surface area contributed by atoms with Gasteiger partial charge in [0.05, 0.1) is 17.6 Å². The number of aliphatic hydroxyl groups is 1. The highest BCUT2D eigenvalue weighted by Gasteiger charge is 2.50. The van der Waals surface area contributed by atoms with Crippen molar-refractivity contribution < 1.29 is 18.3 Å². The molecule has 3 N–H and O–H groups in total. The van der Waals surface area contributed by atoms with Crippen LogP contribution in [0, 0.1) is 5.41 Å². The third-order valence-electron chi connectivity index (χ3n) is 4.04. The highest BCUT2D eigenvalue weighted by atomic mass is 32.2. The number of sulfonamides is 1. The molecule has 1 aliphatic rings. The van der Waals surface area contributed by atoms with Gasteiger partial charge in [0.15, 0.2) is 0 Å². The summed E-state index contributed by atoms with van der Waals surface area (Å²) in [5.41, 5.74) is 0.254. The van der Waals surface area contributed by atoms with E-state index in [1.807, 2.05) is 20.8 Å². The fraction of sp³-hybridized carbons (Fsp3) is 0.692. The Bertz CT molecular complexity index is 565. The molecular weight excluding hydrogens is 280 g/mol. The molecule has 1 fully saturated rings. The van der Waals surface area contributed by atoms with Gasteiger partial charge in [-0.3, -0.25) is 0 Å². The highest BCUT2D eigenvalue weighted by molar-refractivity contribution is 7.89. The summed E-state index contributed by atoms with van der Waals surface area (Å²) >= 11 is 0. The Morgan fingerprint density at radius 3 is 2.75 bits per heavy atom. The lowest BCUT2D eigenvalue weighted by atomic mass is 9.65. The van der Waals surface area contributed by atoms with Crippen LogP contribution < -0.4 is 4.72 Å². The minimum Gasteiger partial charge on any atom is -0.390 e. The molecule has 1 aromatic rings. The summed E-state index contributed by atoms with van der Waals surface area (Å²) in [6, 6.07) is 1.30. The van der Waals surface area contributed by atoms with Crippen molar-refractivity contribution in [1.82, 2.24) is 9.71 Å². The van der Waals surface area contributed by atoms with E-state index < -0.39 is 10.0 Å². The number of hydrogen-bond donors (Lipinski definition) is 3. The molecule has 2 rings (SSSR count). The van der Waals surface area contributed by atoms with Crippen LogP contribution in [0.2, 0.25) is 0 Å². The van der Waals surface area contributed by atoms with E-state index in [1.165, 1.54) is 12.3 Å². The number of H-pyrrole nitrogens is 1.